The summed E-state index contributed by atoms with van der Waals surface area (Å²) in [6.45, 7) is 7.54. The lowest BCUT2D eigenvalue weighted by Crippen LogP contribution is -2.39. The van der Waals surface area contributed by atoms with Crippen molar-refractivity contribution in [1.29, 1.82) is 0 Å². The largest absolute Gasteiger partial charge is 0.389 e. The standard InChI is InChI=1S/C18H27NO3/c1-2-10-21-15-17(20)13-19(14-18-9-6-11-22-18)12-16-7-4-3-5-8-16/h2-5,7-8,17-18,20H,1,6,9-15H2/t17-,18-/m1/s1. The van der Waals surface area contributed by atoms with Crippen molar-refractivity contribution in [3.8, 4) is 0 Å². The van der Waals surface area contributed by atoms with Crippen LogP contribution in [0.5, 0.6) is 0 Å². The summed E-state index contributed by atoms with van der Waals surface area (Å²) in [5.41, 5.74) is 1.25. The first-order valence-corrected chi connectivity index (χ1v) is 8.02. The summed E-state index contributed by atoms with van der Waals surface area (Å²) in [7, 11) is 0. The lowest BCUT2D eigenvalue weighted by molar-refractivity contribution is 0.00856. The Morgan fingerprint density at radius 1 is 1.41 bits per heavy atom. The van der Waals surface area contributed by atoms with Crippen LogP contribution in [-0.2, 0) is 16.0 Å². The highest BCUT2D eigenvalue weighted by molar-refractivity contribution is 5.14. The molecule has 0 aliphatic carbocycles. The van der Waals surface area contributed by atoms with E-state index in [1.807, 2.05) is 18.2 Å². The highest BCUT2D eigenvalue weighted by atomic mass is 16.5. The van der Waals surface area contributed by atoms with Crippen LogP contribution in [0.15, 0.2) is 43.0 Å². The van der Waals surface area contributed by atoms with Crippen molar-refractivity contribution in [3.05, 3.63) is 48.6 Å². The van der Waals surface area contributed by atoms with Gasteiger partial charge in [-0.25, -0.2) is 0 Å². The molecule has 0 bridgehead atoms. The van der Waals surface area contributed by atoms with Crippen molar-refractivity contribution in [2.75, 3.05) is 32.9 Å². The van der Waals surface area contributed by atoms with Crippen molar-refractivity contribution in [2.24, 2.45) is 0 Å². The molecule has 1 fully saturated rings. The van der Waals surface area contributed by atoms with Gasteiger partial charge in [-0.15, -0.1) is 6.58 Å². The van der Waals surface area contributed by atoms with E-state index in [0.29, 0.717) is 19.8 Å². The number of benzene rings is 1. The molecule has 1 N–H and O–H groups in total. The lowest BCUT2D eigenvalue weighted by Gasteiger charge is -2.27. The van der Waals surface area contributed by atoms with Gasteiger partial charge < -0.3 is 14.6 Å². The number of ether oxygens (including phenoxy) is 2. The minimum atomic E-state index is -0.495. The maximum Gasteiger partial charge on any atom is 0.0900 e. The van der Waals surface area contributed by atoms with E-state index in [1.54, 1.807) is 6.08 Å². The zero-order valence-corrected chi connectivity index (χ0v) is 13.2. The second-order valence-electron chi connectivity index (χ2n) is 5.79. The van der Waals surface area contributed by atoms with Gasteiger partial charge in [0.25, 0.3) is 0 Å². The highest BCUT2D eigenvalue weighted by Crippen LogP contribution is 2.15. The summed E-state index contributed by atoms with van der Waals surface area (Å²) in [5, 5.41) is 10.2. The summed E-state index contributed by atoms with van der Waals surface area (Å²) in [4.78, 5) is 2.26. The third-order valence-corrected chi connectivity index (χ3v) is 3.75. The fourth-order valence-corrected chi connectivity index (χ4v) is 2.76. The number of hydrogen-bond donors (Lipinski definition) is 1. The molecule has 0 aromatic heterocycles. The molecule has 1 saturated heterocycles. The Labute approximate surface area is 133 Å². The Balaban J connectivity index is 1.86. The minimum Gasteiger partial charge on any atom is -0.389 e. The van der Waals surface area contributed by atoms with Crippen LogP contribution in [0.25, 0.3) is 0 Å². The maximum absolute atomic E-state index is 10.2. The van der Waals surface area contributed by atoms with Crippen molar-refractivity contribution in [1.82, 2.24) is 4.90 Å². The SMILES string of the molecule is C=CCOC[C@H](O)CN(Cc1ccccc1)C[C@H]1CCCO1. The molecule has 122 valence electrons. The van der Waals surface area contributed by atoms with Gasteiger partial charge in [0.2, 0.25) is 0 Å². The average molecular weight is 305 g/mol. The maximum atomic E-state index is 10.2. The third-order valence-electron chi connectivity index (χ3n) is 3.75. The first-order valence-electron chi connectivity index (χ1n) is 8.02. The molecule has 1 aromatic rings. The number of aliphatic hydroxyl groups excluding tert-OH is 1. The molecule has 0 saturated carbocycles. The van der Waals surface area contributed by atoms with Gasteiger partial charge in [-0.1, -0.05) is 36.4 Å². The van der Waals surface area contributed by atoms with Crippen LogP contribution < -0.4 is 0 Å². The van der Waals surface area contributed by atoms with Crippen molar-refractivity contribution >= 4 is 0 Å². The monoisotopic (exact) mass is 305 g/mol. The quantitative estimate of drug-likeness (QED) is 0.532. The van der Waals surface area contributed by atoms with Crippen molar-refractivity contribution in [3.63, 3.8) is 0 Å². The molecule has 1 heterocycles. The predicted molar refractivity (Wildman–Crippen MR) is 87.7 cm³/mol. The summed E-state index contributed by atoms with van der Waals surface area (Å²) in [6.07, 6.45) is 3.72. The van der Waals surface area contributed by atoms with Gasteiger partial charge in [0.05, 0.1) is 25.4 Å². The number of aliphatic hydroxyl groups is 1. The Bertz CT molecular complexity index is 418. The van der Waals surface area contributed by atoms with Crippen LogP contribution in [0.4, 0.5) is 0 Å². The fraction of sp³-hybridized carbons (Fsp3) is 0.556. The first-order chi connectivity index (χ1) is 10.8. The highest BCUT2D eigenvalue weighted by Gasteiger charge is 2.21. The van der Waals surface area contributed by atoms with Crippen LogP contribution in [0.1, 0.15) is 18.4 Å². The molecular weight excluding hydrogens is 278 g/mol. The molecule has 22 heavy (non-hydrogen) atoms. The Hall–Kier alpha value is -1.20. The van der Waals surface area contributed by atoms with Crippen LogP contribution in [-0.4, -0.2) is 55.1 Å². The second-order valence-corrected chi connectivity index (χ2v) is 5.79. The molecule has 4 nitrogen and oxygen atoms in total. The van der Waals surface area contributed by atoms with E-state index >= 15 is 0 Å². The first kappa shape index (κ1) is 17.2. The van der Waals surface area contributed by atoms with E-state index in [1.165, 1.54) is 5.56 Å². The van der Waals surface area contributed by atoms with Gasteiger partial charge in [-0.3, -0.25) is 4.90 Å². The van der Waals surface area contributed by atoms with Crippen molar-refractivity contribution < 1.29 is 14.6 Å². The lowest BCUT2D eigenvalue weighted by atomic mass is 10.1. The molecule has 0 unspecified atom stereocenters. The molecule has 1 aliphatic rings. The molecular formula is C18H27NO3. The minimum absolute atomic E-state index is 0.282. The van der Waals surface area contributed by atoms with E-state index in [4.69, 9.17) is 9.47 Å². The Morgan fingerprint density at radius 3 is 2.91 bits per heavy atom. The molecule has 0 amide bonds. The van der Waals surface area contributed by atoms with Crippen LogP contribution >= 0.6 is 0 Å². The zero-order valence-electron chi connectivity index (χ0n) is 13.2. The summed E-state index contributed by atoms with van der Waals surface area (Å²) < 4.78 is 11.1. The second kappa shape index (κ2) is 9.74. The molecule has 1 aromatic carbocycles. The predicted octanol–water partition coefficient (Wildman–Crippen LogP) is 2.23. The van der Waals surface area contributed by atoms with E-state index in [-0.39, 0.29) is 6.10 Å². The van der Waals surface area contributed by atoms with E-state index in [9.17, 15) is 5.11 Å². The third kappa shape index (κ3) is 6.28. The summed E-state index contributed by atoms with van der Waals surface area (Å²) >= 11 is 0. The molecule has 2 rings (SSSR count). The van der Waals surface area contributed by atoms with Crippen LogP contribution in [0.3, 0.4) is 0 Å². The Kier molecular flexibility index (Phi) is 7.60. The van der Waals surface area contributed by atoms with Gasteiger partial charge in [0, 0.05) is 26.2 Å². The average Bonchev–Trinajstić information content (AvgIpc) is 3.01. The van der Waals surface area contributed by atoms with Gasteiger partial charge in [-0.05, 0) is 18.4 Å². The van der Waals surface area contributed by atoms with E-state index in [2.05, 4.69) is 23.6 Å². The molecule has 4 heteroatoms. The Morgan fingerprint density at radius 2 is 2.23 bits per heavy atom. The number of rotatable bonds is 10. The fourth-order valence-electron chi connectivity index (χ4n) is 2.76. The smallest absolute Gasteiger partial charge is 0.0900 e. The van der Waals surface area contributed by atoms with Gasteiger partial charge >= 0.3 is 0 Å². The van der Waals surface area contributed by atoms with Gasteiger partial charge in [0.15, 0.2) is 0 Å². The normalized spacial score (nSPS) is 19.5. The van der Waals surface area contributed by atoms with E-state index < -0.39 is 6.10 Å². The molecule has 0 spiro atoms. The van der Waals surface area contributed by atoms with Crippen LogP contribution in [0, 0.1) is 0 Å². The zero-order chi connectivity index (χ0) is 15.6. The van der Waals surface area contributed by atoms with Gasteiger partial charge in [-0.2, -0.15) is 0 Å². The van der Waals surface area contributed by atoms with Crippen molar-refractivity contribution in [2.45, 2.75) is 31.6 Å². The topological polar surface area (TPSA) is 41.9 Å². The number of nitrogens with zero attached hydrogens (tertiary/aromatic N) is 1. The van der Waals surface area contributed by atoms with Crippen LogP contribution in [0.2, 0.25) is 0 Å². The molecule has 2 atom stereocenters. The summed E-state index contributed by atoms with van der Waals surface area (Å²) in [5.74, 6) is 0. The summed E-state index contributed by atoms with van der Waals surface area (Å²) in [6, 6.07) is 10.3. The van der Waals surface area contributed by atoms with E-state index in [0.717, 1.165) is 32.5 Å². The number of hydrogen-bond acceptors (Lipinski definition) is 4. The van der Waals surface area contributed by atoms with Gasteiger partial charge in [0.1, 0.15) is 0 Å². The molecule has 1 aliphatic heterocycles. The molecule has 0 radical (unpaired) electrons.